The van der Waals surface area contributed by atoms with Crippen LogP contribution >= 0.6 is 46.0 Å². The third-order valence-electron chi connectivity index (χ3n) is 3.14. The van der Waals surface area contributed by atoms with Gasteiger partial charge in [-0.2, -0.15) is 0 Å². The minimum atomic E-state index is -0.314. The quantitative estimate of drug-likeness (QED) is 0.429. The summed E-state index contributed by atoms with van der Waals surface area (Å²) in [6, 6.07) is 9.45. The molecule has 0 radical (unpaired) electrons. The monoisotopic (exact) mass is 381 g/mol. The van der Waals surface area contributed by atoms with Gasteiger partial charge in [-0.05, 0) is 24.5 Å². The zero-order valence-corrected chi connectivity index (χ0v) is 15.5. The SMILES string of the molecule is COC(=O)c1cc(-c2nc(-c3ccc(Cl)cc3)cs2)c(SC)s1. The van der Waals surface area contributed by atoms with Crippen molar-refractivity contribution in [1.29, 1.82) is 0 Å². The van der Waals surface area contributed by atoms with Crippen LogP contribution in [0.1, 0.15) is 9.67 Å². The van der Waals surface area contributed by atoms with Crippen LogP contribution in [0, 0.1) is 0 Å². The molecule has 3 rings (SSSR count). The van der Waals surface area contributed by atoms with Crippen molar-refractivity contribution in [3.05, 3.63) is 45.6 Å². The summed E-state index contributed by atoms with van der Waals surface area (Å²) in [5, 5.41) is 3.61. The highest BCUT2D eigenvalue weighted by Crippen LogP contribution is 2.40. The molecule has 3 nitrogen and oxygen atoms in total. The molecular weight excluding hydrogens is 370 g/mol. The van der Waals surface area contributed by atoms with Crippen molar-refractivity contribution in [3.8, 4) is 21.8 Å². The van der Waals surface area contributed by atoms with E-state index < -0.39 is 0 Å². The van der Waals surface area contributed by atoms with Crippen molar-refractivity contribution in [2.75, 3.05) is 13.4 Å². The number of benzene rings is 1. The van der Waals surface area contributed by atoms with E-state index in [1.807, 2.05) is 42.0 Å². The molecule has 0 spiro atoms. The molecular formula is C16H12ClNO2S3. The Bertz CT molecular complexity index is 839. The number of halogens is 1. The lowest BCUT2D eigenvalue weighted by Gasteiger charge is -1.97. The van der Waals surface area contributed by atoms with Gasteiger partial charge >= 0.3 is 5.97 Å². The number of rotatable bonds is 4. The fraction of sp³-hybridized carbons (Fsp3) is 0.125. The molecule has 0 aliphatic heterocycles. The first-order valence-corrected chi connectivity index (χ1v) is 9.90. The van der Waals surface area contributed by atoms with E-state index in [4.69, 9.17) is 21.3 Å². The maximum Gasteiger partial charge on any atom is 0.348 e. The van der Waals surface area contributed by atoms with Gasteiger partial charge in [0.15, 0.2) is 0 Å². The van der Waals surface area contributed by atoms with Gasteiger partial charge in [-0.1, -0.05) is 23.7 Å². The summed E-state index contributed by atoms with van der Waals surface area (Å²) in [6.07, 6.45) is 1.99. The number of methoxy groups -OCH3 is 1. The highest BCUT2D eigenvalue weighted by atomic mass is 35.5. The summed E-state index contributed by atoms with van der Waals surface area (Å²) >= 11 is 10.5. The van der Waals surface area contributed by atoms with Crippen molar-refractivity contribution in [2.24, 2.45) is 0 Å². The molecule has 0 fully saturated rings. The van der Waals surface area contributed by atoms with Crippen molar-refractivity contribution in [2.45, 2.75) is 4.21 Å². The molecule has 0 bridgehead atoms. The molecule has 1 aromatic carbocycles. The van der Waals surface area contributed by atoms with Crippen LogP contribution < -0.4 is 0 Å². The van der Waals surface area contributed by atoms with Crippen molar-refractivity contribution in [1.82, 2.24) is 4.98 Å². The number of ether oxygens (including phenoxy) is 1. The van der Waals surface area contributed by atoms with Gasteiger partial charge in [0.1, 0.15) is 9.88 Å². The smallest absolute Gasteiger partial charge is 0.348 e. The summed E-state index contributed by atoms with van der Waals surface area (Å²) < 4.78 is 5.86. The second kappa shape index (κ2) is 7.05. The fourth-order valence-electron chi connectivity index (χ4n) is 2.03. The van der Waals surface area contributed by atoms with Gasteiger partial charge in [0.25, 0.3) is 0 Å². The number of thiazole rings is 1. The van der Waals surface area contributed by atoms with Gasteiger partial charge in [-0.15, -0.1) is 34.4 Å². The molecule has 0 N–H and O–H groups in total. The lowest BCUT2D eigenvalue weighted by Crippen LogP contribution is -1.96. The molecule has 0 atom stereocenters. The van der Waals surface area contributed by atoms with E-state index >= 15 is 0 Å². The van der Waals surface area contributed by atoms with Crippen LogP contribution in [0.3, 0.4) is 0 Å². The number of thiophene rings is 1. The standard InChI is InChI=1S/C16H12ClNO2S3/c1-20-15(19)13-7-11(16(21-2)23-13)14-18-12(8-22-14)9-3-5-10(17)6-4-9/h3-8H,1-2H3. The summed E-state index contributed by atoms with van der Waals surface area (Å²) in [7, 11) is 1.39. The number of carbonyl (C=O) groups excluding carboxylic acids is 1. The van der Waals surface area contributed by atoms with Crippen LogP contribution in [0.4, 0.5) is 0 Å². The van der Waals surface area contributed by atoms with Crippen LogP contribution in [0.5, 0.6) is 0 Å². The van der Waals surface area contributed by atoms with Gasteiger partial charge in [-0.3, -0.25) is 0 Å². The molecule has 118 valence electrons. The Morgan fingerprint density at radius 3 is 2.70 bits per heavy atom. The lowest BCUT2D eigenvalue weighted by molar-refractivity contribution is 0.0606. The zero-order valence-electron chi connectivity index (χ0n) is 12.3. The molecule has 2 aromatic heterocycles. The first-order valence-electron chi connectivity index (χ1n) is 6.60. The fourth-order valence-corrected chi connectivity index (χ4v) is 4.92. The number of esters is 1. The topological polar surface area (TPSA) is 39.2 Å². The Balaban J connectivity index is 1.98. The third-order valence-corrected chi connectivity index (χ3v) is 6.52. The normalized spacial score (nSPS) is 10.7. The Morgan fingerprint density at radius 1 is 1.30 bits per heavy atom. The molecule has 0 aliphatic carbocycles. The van der Waals surface area contributed by atoms with E-state index in [9.17, 15) is 4.79 Å². The molecule has 0 saturated heterocycles. The van der Waals surface area contributed by atoms with Gasteiger partial charge in [-0.25, -0.2) is 9.78 Å². The number of carbonyl (C=O) groups is 1. The van der Waals surface area contributed by atoms with Crippen molar-refractivity contribution in [3.63, 3.8) is 0 Å². The van der Waals surface area contributed by atoms with E-state index in [-0.39, 0.29) is 5.97 Å². The van der Waals surface area contributed by atoms with E-state index in [2.05, 4.69) is 0 Å². The summed E-state index contributed by atoms with van der Waals surface area (Å²) in [4.78, 5) is 17.0. The van der Waals surface area contributed by atoms with E-state index in [0.717, 1.165) is 26.0 Å². The second-order valence-electron chi connectivity index (χ2n) is 4.55. The molecule has 23 heavy (non-hydrogen) atoms. The second-order valence-corrected chi connectivity index (χ2v) is 7.97. The average Bonchev–Trinajstić information content (AvgIpc) is 3.21. The predicted octanol–water partition coefficient (Wildman–Crippen LogP) is 5.70. The Hall–Kier alpha value is -1.34. The minimum absolute atomic E-state index is 0.314. The Morgan fingerprint density at radius 2 is 2.04 bits per heavy atom. The summed E-state index contributed by atoms with van der Waals surface area (Å²) in [5.74, 6) is -0.314. The maximum absolute atomic E-state index is 11.7. The van der Waals surface area contributed by atoms with Crippen molar-refractivity contribution >= 4 is 52.0 Å². The molecule has 0 amide bonds. The van der Waals surface area contributed by atoms with Gasteiger partial charge in [0, 0.05) is 21.5 Å². The first kappa shape index (κ1) is 16.5. The van der Waals surface area contributed by atoms with Crippen LogP contribution in [0.2, 0.25) is 5.02 Å². The highest BCUT2D eigenvalue weighted by molar-refractivity contribution is 8.00. The van der Waals surface area contributed by atoms with Crippen LogP contribution in [-0.4, -0.2) is 24.3 Å². The molecule has 2 heterocycles. The third kappa shape index (κ3) is 3.45. The van der Waals surface area contributed by atoms with Crippen molar-refractivity contribution < 1.29 is 9.53 Å². The number of nitrogens with zero attached hydrogens (tertiary/aromatic N) is 1. The average molecular weight is 382 g/mol. The largest absolute Gasteiger partial charge is 0.465 e. The summed E-state index contributed by atoms with van der Waals surface area (Å²) in [6.45, 7) is 0. The summed E-state index contributed by atoms with van der Waals surface area (Å²) in [5.41, 5.74) is 2.90. The van der Waals surface area contributed by atoms with Gasteiger partial charge in [0.2, 0.25) is 0 Å². The lowest BCUT2D eigenvalue weighted by atomic mass is 10.2. The Kier molecular flexibility index (Phi) is 5.06. The first-order chi connectivity index (χ1) is 11.1. The maximum atomic E-state index is 11.7. The molecule has 0 unspecified atom stereocenters. The van der Waals surface area contributed by atoms with Gasteiger partial charge < -0.3 is 4.74 Å². The van der Waals surface area contributed by atoms with Gasteiger partial charge in [0.05, 0.1) is 17.0 Å². The number of aromatic nitrogens is 1. The molecule has 0 saturated carbocycles. The van der Waals surface area contributed by atoms with E-state index in [1.54, 1.807) is 23.1 Å². The number of hydrogen-bond acceptors (Lipinski definition) is 6. The highest BCUT2D eigenvalue weighted by Gasteiger charge is 2.18. The number of hydrogen-bond donors (Lipinski definition) is 0. The minimum Gasteiger partial charge on any atom is -0.465 e. The molecule has 7 heteroatoms. The predicted molar refractivity (Wildman–Crippen MR) is 99.0 cm³/mol. The Labute approximate surface area is 151 Å². The van der Waals surface area contributed by atoms with Crippen LogP contribution in [0.15, 0.2) is 39.9 Å². The number of thioether (sulfide) groups is 1. The van der Waals surface area contributed by atoms with Crippen LogP contribution in [0.25, 0.3) is 21.8 Å². The van der Waals surface area contributed by atoms with E-state index in [0.29, 0.717) is 9.90 Å². The molecule has 0 aliphatic rings. The zero-order chi connectivity index (χ0) is 16.4. The van der Waals surface area contributed by atoms with E-state index in [1.165, 1.54) is 18.4 Å². The molecule has 3 aromatic rings. The van der Waals surface area contributed by atoms with Crippen LogP contribution in [-0.2, 0) is 4.74 Å².